The molecule has 2 rings (SSSR count). The van der Waals surface area contributed by atoms with Crippen molar-refractivity contribution in [2.75, 3.05) is 18.4 Å². The second kappa shape index (κ2) is 6.76. The molecule has 1 aliphatic heterocycles. The van der Waals surface area contributed by atoms with Gasteiger partial charge in [-0.3, -0.25) is 9.59 Å². The Labute approximate surface area is 124 Å². The average Bonchev–Trinajstić information content (AvgIpc) is 2.54. The van der Waals surface area contributed by atoms with E-state index < -0.39 is 0 Å². The molecule has 1 fully saturated rings. The van der Waals surface area contributed by atoms with E-state index in [0.29, 0.717) is 31.6 Å². The standard InChI is InChI=1S/C17H18N2O2/c1-3-13-6-5-7-15(12-13)18-17(21)14-8-10-19(11-9-14)16(20)4-2/h1,4-7,12,14H,2,8-11H2,(H,18,21). The molecule has 1 N–H and O–H groups in total. The summed E-state index contributed by atoms with van der Waals surface area (Å²) in [5.74, 6) is 2.37. The van der Waals surface area contributed by atoms with Gasteiger partial charge in [0.1, 0.15) is 0 Å². The summed E-state index contributed by atoms with van der Waals surface area (Å²) in [4.78, 5) is 25.4. The number of benzene rings is 1. The monoisotopic (exact) mass is 282 g/mol. The second-order valence-corrected chi connectivity index (χ2v) is 5.02. The molecule has 0 unspecified atom stereocenters. The summed E-state index contributed by atoms with van der Waals surface area (Å²) in [5.41, 5.74) is 1.44. The van der Waals surface area contributed by atoms with Crippen LogP contribution in [0.2, 0.25) is 0 Å². The van der Waals surface area contributed by atoms with Crippen molar-refractivity contribution in [1.29, 1.82) is 0 Å². The van der Waals surface area contributed by atoms with Gasteiger partial charge in [0.05, 0.1) is 0 Å². The molecule has 4 heteroatoms. The normalized spacial score (nSPS) is 15.1. The molecule has 2 amide bonds. The number of hydrogen-bond acceptors (Lipinski definition) is 2. The summed E-state index contributed by atoms with van der Waals surface area (Å²) in [5, 5.41) is 2.89. The van der Waals surface area contributed by atoms with Gasteiger partial charge in [-0.05, 0) is 37.1 Å². The third kappa shape index (κ3) is 3.73. The van der Waals surface area contributed by atoms with E-state index in [4.69, 9.17) is 6.42 Å². The van der Waals surface area contributed by atoms with E-state index in [0.717, 1.165) is 5.56 Å². The third-order valence-electron chi connectivity index (χ3n) is 3.65. The van der Waals surface area contributed by atoms with Crippen molar-refractivity contribution >= 4 is 17.5 Å². The molecule has 4 nitrogen and oxygen atoms in total. The molecule has 108 valence electrons. The number of carbonyl (C=O) groups excluding carboxylic acids is 2. The number of terminal acetylenes is 1. The minimum Gasteiger partial charge on any atom is -0.339 e. The molecule has 0 atom stereocenters. The van der Waals surface area contributed by atoms with Crippen LogP contribution < -0.4 is 5.32 Å². The maximum absolute atomic E-state index is 12.2. The van der Waals surface area contributed by atoms with Crippen LogP contribution in [-0.4, -0.2) is 29.8 Å². The Kier molecular flexibility index (Phi) is 4.78. The quantitative estimate of drug-likeness (QED) is 0.681. The van der Waals surface area contributed by atoms with Crippen LogP contribution in [0, 0.1) is 18.3 Å². The number of carbonyl (C=O) groups is 2. The van der Waals surface area contributed by atoms with E-state index in [9.17, 15) is 9.59 Å². The number of nitrogens with zero attached hydrogens (tertiary/aromatic N) is 1. The first-order valence-corrected chi connectivity index (χ1v) is 6.93. The maximum Gasteiger partial charge on any atom is 0.245 e. The van der Waals surface area contributed by atoms with Gasteiger partial charge in [0.2, 0.25) is 11.8 Å². The minimum absolute atomic E-state index is 0.0186. The number of likely N-dealkylation sites (tertiary alicyclic amines) is 1. The predicted octanol–water partition coefficient (Wildman–Crippen LogP) is 2.03. The largest absolute Gasteiger partial charge is 0.339 e. The highest BCUT2D eigenvalue weighted by Gasteiger charge is 2.26. The van der Waals surface area contributed by atoms with Crippen molar-refractivity contribution in [2.24, 2.45) is 5.92 Å². The molecule has 0 saturated carbocycles. The Balaban J connectivity index is 1.92. The van der Waals surface area contributed by atoms with Gasteiger partial charge in [-0.25, -0.2) is 0 Å². The molecule has 0 aliphatic carbocycles. The van der Waals surface area contributed by atoms with E-state index in [2.05, 4.69) is 17.8 Å². The van der Waals surface area contributed by atoms with Crippen LogP contribution in [0.15, 0.2) is 36.9 Å². The summed E-state index contributed by atoms with van der Waals surface area (Å²) >= 11 is 0. The Morgan fingerprint density at radius 2 is 2.10 bits per heavy atom. The van der Waals surface area contributed by atoms with Crippen molar-refractivity contribution in [3.63, 3.8) is 0 Å². The first kappa shape index (κ1) is 14.9. The Morgan fingerprint density at radius 1 is 1.38 bits per heavy atom. The highest BCUT2D eigenvalue weighted by Crippen LogP contribution is 2.20. The summed E-state index contributed by atoms with van der Waals surface area (Å²) < 4.78 is 0. The summed E-state index contributed by atoms with van der Waals surface area (Å²) in [6, 6.07) is 7.22. The number of amides is 2. The van der Waals surface area contributed by atoms with Crippen LogP contribution in [0.25, 0.3) is 0 Å². The third-order valence-corrected chi connectivity index (χ3v) is 3.65. The average molecular weight is 282 g/mol. The first-order valence-electron chi connectivity index (χ1n) is 6.93. The zero-order valence-electron chi connectivity index (χ0n) is 11.8. The number of nitrogens with one attached hydrogen (secondary N) is 1. The smallest absolute Gasteiger partial charge is 0.245 e. The highest BCUT2D eigenvalue weighted by molar-refractivity contribution is 5.93. The minimum atomic E-state index is -0.0756. The zero-order valence-corrected chi connectivity index (χ0v) is 11.8. The molecule has 1 saturated heterocycles. The molecule has 0 spiro atoms. The Bertz CT molecular complexity index is 593. The lowest BCUT2D eigenvalue weighted by molar-refractivity contribution is -0.130. The molecule has 0 radical (unpaired) electrons. The molecule has 0 aromatic heterocycles. The van der Waals surface area contributed by atoms with Crippen LogP contribution in [-0.2, 0) is 9.59 Å². The number of anilines is 1. The van der Waals surface area contributed by atoms with Gasteiger partial charge < -0.3 is 10.2 Å². The van der Waals surface area contributed by atoms with Gasteiger partial charge in [-0.15, -0.1) is 6.42 Å². The number of hydrogen-bond donors (Lipinski definition) is 1. The van der Waals surface area contributed by atoms with E-state index in [-0.39, 0.29) is 17.7 Å². The van der Waals surface area contributed by atoms with Crippen molar-refractivity contribution in [3.8, 4) is 12.3 Å². The highest BCUT2D eigenvalue weighted by atomic mass is 16.2. The molecule has 0 bridgehead atoms. The summed E-state index contributed by atoms with van der Waals surface area (Å²) in [7, 11) is 0. The van der Waals surface area contributed by atoms with Gasteiger partial charge in [-0.2, -0.15) is 0 Å². The van der Waals surface area contributed by atoms with Crippen LogP contribution >= 0.6 is 0 Å². The lowest BCUT2D eigenvalue weighted by Crippen LogP contribution is -2.40. The van der Waals surface area contributed by atoms with Crippen LogP contribution in [0.4, 0.5) is 5.69 Å². The predicted molar refractivity (Wildman–Crippen MR) is 82.5 cm³/mol. The molecular weight excluding hydrogens is 264 g/mol. The van der Waals surface area contributed by atoms with Crippen molar-refractivity contribution < 1.29 is 9.59 Å². The molecule has 1 aromatic carbocycles. The molecule has 21 heavy (non-hydrogen) atoms. The van der Waals surface area contributed by atoms with Crippen molar-refractivity contribution in [3.05, 3.63) is 42.5 Å². The fraction of sp³-hybridized carbons (Fsp3) is 0.294. The molecule has 1 aromatic rings. The molecule has 1 heterocycles. The summed E-state index contributed by atoms with van der Waals surface area (Å²) in [6.45, 7) is 4.66. The van der Waals surface area contributed by atoms with E-state index in [1.165, 1.54) is 6.08 Å². The van der Waals surface area contributed by atoms with Gasteiger partial charge >= 0.3 is 0 Å². The zero-order chi connectivity index (χ0) is 15.2. The van der Waals surface area contributed by atoms with Crippen molar-refractivity contribution in [2.45, 2.75) is 12.8 Å². The lowest BCUT2D eigenvalue weighted by atomic mass is 9.95. The molecular formula is C17H18N2O2. The van der Waals surface area contributed by atoms with E-state index in [1.54, 1.807) is 11.0 Å². The fourth-order valence-corrected chi connectivity index (χ4v) is 2.42. The van der Waals surface area contributed by atoms with Gasteiger partial charge in [0, 0.05) is 30.3 Å². The number of rotatable bonds is 3. The van der Waals surface area contributed by atoms with E-state index >= 15 is 0 Å². The van der Waals surface area contributed by atoms with Crippen LogP contribution in [0.1, 0.15) is 18.4 Å². The van der Waals surface area contributed by atoms with E-state index in [1.807, 2.05) is 18.2 Å². The fourth-order valence-electron chi connectivity index (χ4n) is 2.42. The topological polar surface area (TPSA) is 49.4 Å². The molecule has 1 aliphatic rings. The second-order valence-electron chi connectivity index (χ2n) is 5.02. The summed E-state index contributed by atoms with van der Waals surface area (Å²) in [6.07, 6.45) is 7.99. The van der Waals surface area contributed by atoms with Gasteiger partial charge in [0.25, 0.3) is 0 Å². The van der Waals surface area contributed by atoms with Crippen molar-refractivity contribution in [1.82, 2.24) is 4.90 Å². The lowest BCUT2D eigenvalue weighted by Gasteiger charge is -2.30. The number of piperidine rings is 1. The first-order chi connectivity index (χ1) is 10.1. The van der Waals surface area contributed by atoms with Gasteiger partial charge in [0.15, 0.2) is 0 Å². The SMILES string of the molecule is C#Cc1cccc(NC(=O)C2CCN(C(=O)C=C)CC2)c1. The Hall–Kier alpha value is -2.54. The van der Waals surface area contributed by atoms with Crippen LogP contribution in [0.3, 0.4) is 0 Å². The van der Waals surface area contributed by atoms with Gasteiger partial charge in [-0.1, -0.05) is 18.6 Å². The van der Waals surface area contributed by atoms with Crippen LogP contribution in [0.5, 0.6) is 0 Å². The maximum atomic E-state index is 12.2. The Morgan fingerprint density at radius 3 is 2.71 bits per heavy atom.